The van der Waals surface area contributed by atoms with Gasteiger partial charge in [-0.15, -0.1) is 0 Å². The molecule has 5 nitrogen and oxygen atoms in total. The van der Waals surface area contributed by atoms with Crippen molar-refractivity contribution < 1.29 is 14.8 Å². The van der Waals surface area contributed by atoms with Crippen molar-refractivity contribution in [2.24, 2.45) is 0 Å². The van der Waals surface area contributed by atoms with Crippen LogP contribution in [-0.2, 0) is 6.54 Å². The van der Waals surface area contributed by atoms with Crippen molar-refractivity contribution in [3.05, 3.63) is 41.7 Å². The molecule has 2 rings (SSSR count). The Labute approximate surface area is 110 Å². The summed E-state index contributed by atoms with van der Waals surface area (Å²) in [7, 11) is -1.45. The molecule has 0 fully saturated rings. The molecular formula is C11H12BClN2O3. The number of aromatic nitrogens is 2. The Morgan fingerprint density at radius 2 is 2.00 bits per heavy atom. The van der Waals surface area contributed by atoms with Crippen molar-refractivity contribution in [2.75, 3.05) is 6.61 Å². The quantitative estimate of drug-likeness (QED) is 0.764. The fourth-order valence-corrected chi connectivity index (χ4v) is 1.61. The summed E-state index contributed by atoms with van der Waals surface area (Å²) in [5.41, 5.74) is 0.432. The summed E-state index contributed by atoms with van der Waals surface area (Å²) in [5.74, 6) is 0.664. The molecule has 0 aliphatic heterocycles. The van der Waals surface area contributed by atoms with Crippen LogP contribution in [0, 0.1) is 0 Å². The van der Waals surface area contributed by atoms with E-state index in [2.05, 4.69) is 5.10 Å². The average Bonchev–Trinajstić information content (AvgIpc) is 2.76. The lowest BCUT2D eigenvalue weighted by Crippen LogP contribution is -2.29. The molecule has 0 amide bonds. The molecule has 0 aliphatic rings. The van der Waals surface area contributed by atoms with E-state index in [0.29, 0.717) is 29.4 Å². The first-order valence-electron chi connectivity index (χ1n) is 5.42. The molecule has 0 spiro atoms. The average molecular weight is 266 g/mol. The summed E-state index contributed by atoms with van der Waals surface area (Å²) in [4.78, 5) is 0. The second kappa shape index (κ2) is 5.90. The molecule has 7 heteroatoms. The SMILES string of the molecule is OB(O)c1ccc(OCCn2cc(Cl)cn2)cc1. The Bertz CT molecular complexity index is 501. The highest BCUT2D eigenvalue weighted by molar-refractivity contribution is 6.58. The van der Waals surface area contributed by atoms with Gasteiger partial charge in [-0.25, -0.2) is 0 Å². The van der Waals surface area contributed by atoms with Crippen LogP contribution in [0.4, 0.5) is 0 Å². The molecule has 0 atom stereocenters. The van der Waals surface area contributed by atoms with Crippen molar-refractivity contribution in [3.8, 4) is 5.75 Å². The van der Waals surface area contributed by atoms with Crippen LogP contribution in [0.15, 0.2) is 36.7 Å². The molecule has 0 bridgehead atoms. The van der Waals surface area contributed by atoms with Crippen molar-refractivity contribution in [1.29, 1.82) is 0 Å². The van der Waals surface area contributed by atoms with E-state index in [1.54, 1.807) is 41.3 Å². The molecule has 0 unspecified atom stereocenters. The second-order valence-electron chi connectivity index (χ2n) is 3.71. The molecule has 0 aliphatic carbocycles. The number of rotatable bonds is 5. The minimum absolute atomic E-state index is 0.432. The summed E-state index contributed by atoms with van der Waals surface area (Å²) in [6, 6.07) is 6.57. The van der Waals surface area contributed by atoms with Gasteiger partial charge in [-0.2, -0.15) is 5.10 Å². The van der Waals surface area contributed by atoms with Crippen molar-refractivity contribution >= 4 is 24.2 Å². The highest BCUT2D eigenvalue weighted by atomic mass is 35.5. The fraction of sp³-hybridized carbons (Fsp3) is 0.182. The van der Waals surface area contributed by atoms with Gasteiger partial charge >= 0.3 is 7.12 Å². The zero-order chi connectivity index (χ0) is 13.0. The number of hydrogen-bond acceptors (Lipinski definition) is 4. The lowest BCUT2D eigenvalue weighted by molar-refractivity contribution is 0.291. The number of ether oxygens (including phenoxy) is 1. The van der Waals surface area contributed by atoms with Crippen LogP contribution in [0.3, 0.4) is 0 Å². The van der Waals surface area contributed by atoms with Gasteiger partial charge in [0.05, 0.1) is 17.8 Å². The Morgan fingerprint density at radius 3 is 2.56 bits per heavy atom. The lowest BCUT2D eigenvalue weighted by Gasteiger charge is -2.07. The first kappa shape index (κ1) is 12.9. The summed E-state index contributed by atoms with van der Waals surface area (Å²) < 4.78 is 7.18. The molecular weight excluding hydrogens is 254 g/mol. The van der Waals surface area contributed by atoms with Gasteiger partial charge in [-0.05, 0) is 17.6 Å². The maximum atomic E-state index is 8.93. The minimum Gasteiger partial charge on any atom is -0.492 e. The van der Waals surface area contributed by atoms with Gasteiger partial charge < -0.3 is 14.8 Å². The fourth-order valence-electron chi connectivity index (χ4n) is 1.45. The summed E-state index contributed by atoms with van der Waals surface area (Å²) in [6.45, 7) is 1.05. The standard InChI is InChI=1S/C11H12BClN2O3/c13-10-7-14-15(8-10)5-6-18-11-3-1-9(2-4-11)12(16)17/h1-4,7-8,16-17H,5-6H2. The molecule has 0 radical (unpaired) electrons. The Balaban J connectivity index is 1.83. The summed E-state index contributed by atoms with van der Waals surface area (Å²) in [5, 5.41) is 22.5. The number of benzene rings is 1. The minimum atomic E-state index is -1.45. The Kier molecular flexibility index (Phi) is 4.25. The van der Waals surface area contributed by atoms with Crippen LogP contribution in [0.25, 0.3) is 0 Å². The van der Waals surface area contributed by atoms with Gasteiger partial charge in [0, 0.05) is 6.20 Å². The predicted molar refractivity (Wildman–Crippen MR) is 69.0 cm³/mol. The molecule has 0 saturated heterocycles. The van der Waals surface area contributed by atoms with E-state index in [0.717, 1.165) is 0 Å². The summed E-state index contributed by atoms with van der Waals surface area (Å²) in [6.07, 6.45) is 3.29. The van der Waals surface area contributed by atoms with Gasteiger partial charge in [-0.3, -0.25) is 4.68 Å². The number of hydrogen-bond donors (Lipinski definition) is 2. The third-order valence-electron chi connectivity index (χ3n) is 2.37. The zero-order valence-corrected chi connectivity index (χ0v) is 10.3. The lowest BCUT2D eigenvalue weighted by atomic mass is 9.80. The maximum Gasteiger partial charge on any atom is 0.488 e. The van der Waals surface area contributed by atoms with E-state index in [1.165, 1.54) is 0 Å². The van der Waals surface area contributed by atoms with E-state index in [4.69, 9.17) is 26.4 Å². The van der Waals surface area contributed by atoms with Gasteiger partial charge in [0.25, 0.3) is 0 Å². The van der Waals surface area contributed by atoms with E-state index < -0.39 is 7.12 Å². The zero-order valence-electron chi connectivity index (χ0n) is 9.53. The monoisotopic (exact) mass is 266 g/mol. The van der Waals surface area contributed by atoms with Crippen LogP contribution in [0.5, 0.6) is 5.75 Å². The Morgan fingerprint density at radius 1 is 1.28 bits per heavy atom. The van der Waals surface area contributed by atoms with Crippen LogP contribution in [-0.4, -0.2) is 33.6 Å². The predicted octanol–water partition coefficient (Wildman–Crippen LogP) is 0.295. The maximum absolute atomic E-state index is 8.93. The van der Waals surface area contributed by atoms with Crippen molar-refractivity contribution in [1.82, 2.24) is 9.78 Å². The van der Waals surface area contributed by atoms with Gasteiger partial charge in [0.1, 0.15) is 12.4 Å². The van der Waals surface area contributed by atoms with E-state index in [-0.39, 0.29) is 0 Å². The molecule has 1 heterocycles. The number of halogens is 1. The van der Waals surface area contributed by atoms with Gasteiger partial charge in [0.2, 0.25) is 0 Å². The van der Waals surface area contributed by atoms with E-state index in [9.17, 15) is 0 Å². The molecule has 2 aromatic rings. The highest BCUT2D eigenvalue weighted by Gasteiger charge is 2.09. The first-order chi connectivity index (χ1) is 8.65. The van der Waals surface area contributed by atoms with Gasteiger partial charge in [0.15, 0.2) is 0 Å². The second-order valence-corrected chi connectivity index (χ2v) is 4.15. The topological polar surface area (TPSA) is 67.5 Å². The van der Waals surface area contributed by atoms with Gasteiger partial charge in [-0.1, -0.05) is 23.7 Å². The summed E-state index contributed by atoms with van der Waals surface area (Å²) >= 11 is 5.73. The number of nitrogens with zero attached hydrogens (tertiary/aromatic N) is 2. The van der Waals surface area contributed by atoms with Crippen LogP contribution < -0.4 is 10.2 Å². The largest absolute Gasteiger partial charge is 0.492 e. The Hall–Kier alpha value is -1.50. The first-order valence-corrected chi connectivity index (χ1v) is 5.80. The van der Waals surface area contributed by atoms with E-state index in [1.807, 2.05) is 0 Å². The molecule has 94 valence electrons. The molecule has 0 saturated carbocycles. The van der Waals surface area contributed by atoms with Crippen LogP contribution >= 0.6 is 11.6 Å². The molecule has 1 aromatic heterocycles. The van der Waals surface area contributed by atoms with Crippen molar-refractivity contribution in [2.45, 2.75) is 6.54 Å². The van der Waals surface area contributed by atoms with Crippen LogP contribution in [0.2, 0.25) is 5.02 Å². The highest BCUT2D eigenvalue weighted by Crippen LogP contribution is 2.08. The third kappa shape index (κ3) is 3.50. The normalized spacial score (nSPS) is 10.4. The smallest absolute Gasteiger partial charge is 0.488 e. The molecule has 18 heavy (non-hydrogen) atoms. The third-order valence-corrected chi connectivity index (χ3v) is 2.56. The van der Waals surface area contributed by atoms with E-state index >= 15 is 0 Å². The molecule has 1 aromatic carbocycles. The van der Waals surface area contributed by atoms with Crippen molar-refractivity contribution in [3.63, 3.8) is 0 Å². The van der Waals surface area contributed by atoms with Crippen LogP contribution in [0.1, 0.15) is 0 Å². The molecule has 2 N–H and O–H groups in total.